The van der Waals surface area contributed by atoms with Crippen LogP contribution in [0, 0.1) is 6.92 Å². The largest absolute Gasteiger partial charge is 0.388 e. The molecule has 1 rings (SSSR count). The Morgan fingerprint density at radius 3 is 2.50 bits per heavy atom. The molecule has 0 spiro atoms. The summed E-state index contributed by atoms with van der Waals surface area (Å²) in [5.41, 5.74) is 2.27. The van der Waals surface area contributed by atoms with Crippen LogP contribution < -0.4 is 0 Å². The van der Waals surface area contributed by atoms with Crippen molar-refractivity contribution in [2.75, 3.05) is 11.5 Å². The summed E-state index contributed by atoms with van der Waals surface area (Å²) in [7, 11) is 0. The van der Waals surface area contributed by atoms with Crippen LogP contribution in [0.15, 0.2) is 24.3 Å². The molecule has 0 aromatic heterocycles. The third-order valence-corrected chi connectivity index (χ3v) is 3.33. The Labute approximate surface area is 90.5 Å². The number of thioether (sulfide) groups is 1. The standard InChI is InChI=1S/C12H18OS/c1-3-8-14-9-12(13)11-6-4-10(2)5-7-11/h4-7,12-13H,3,8-9H2,1-2H3. The third kappa shape index (κ3) is 3.72. The van der Waals surface area contributed by atoms with E-state index in [1.165, 1.54) is 12.0 Å². The highest BCUT2D eigenvalue weighted by Crippen LogP contribution is 2.18. The second-order valence-corrected chi connectivity index (χ2v) is 4.65. The van der Waals surface area contributed by atoms with E-state index >= 15 is 0 Å². The van der Waals surface area contributed by atoms with Crippen LogP contribution in [0.5, 0.6) is 0 Å². The smallest absolute Gasteiger partial charge is 0.0880 e. The monoisotopic (exact) mass is 210 g/mol. The summed E-state index contributed by atoms with van der Waals surface area (Å²) in [6.45, 7) is 4.22. The van der Waals surface area contributed by atoms with Gasteiger partial charge in [0.25, 0.3) is 0 Å². The Morgan fingerprint density at radius 2 is 1.93 bits per heavy atom. The van der Waals surface area contributed by atoms with Gasteiger partial charge in [0.1, 0.15) is 0 Å². The Morgan fingerprint density at radius 1 is 1.29 bits per heavy atom. The summed E-state index contributed by atoms with van der Waals surface area (Å²) < 4.78 is 0. The zero-order chi connectivity index (χ0) is 10.4. The Balaban J connectivity index is 2.43. The molecule has 0 saturated carbocycles. The van der Waals surface area contributed by atoms with Crippen LogP contribution in [-0.2, 0) is 0 Å². The van der Waals surface area contributed by atoms with E-state index < -0.39 is 0 Å². The van der Waals surface area contributed by atoms with Crippen molar-refractivity contribution in [3.63, 3.8) is 0 Å². The summed E-state index contributed by atoms with van der Waals surface area (Å²) in [6, 6.07) is 8.10. The minimum absolute atomic E-state index is 0.313. The first-order valence-electron chi connectivity index (χ1n) is 5.06. The number of hydrogen-bond donors (Lipinski definition) is 1. The molecule has 0 saturated heterocycles. The van der Waals surface area contributed by atoms with Crippen molar-refractivity contribution in [2.24, 2.45) is 0 Å². The maximum Gasteiger partial charge on any atom is 0.0880 e. The second kappa shape index (κ2) is 6.10. The average Bonchev–Trinajstić information content (AvgIpc) is 2.19. The van der Waals surface area contributed by atoms with Crippen LogP contribution in [0.25, 0.3) is 0 Å². The van der Waals surface area contributed by atoms with E-state index in [2.05, 4.69) is 13.8 Å². The highest BCUT2D eigenvalue weighted by atomic mass is 32.2. The van der Waals surface area contributed by atoms with Crippen LogP contribution in [0.1, 0.15) is 30.6 Å². The highest BCUT2D eigenvalue weighted by molar-refractivity contribution is 7.99. The first-order valence-corrected chi connectivity index (χ1v) is 6.22. The predicted octanol–water partition coefficient (Wildman–Crippen LogP) is 3.17. The molecule has 0 aliphatic heterocycles. The fraction of sp³-hybridized carbons (Fsp3) is 0.500. The van der Waals surface area contributed by atoms with E-state index in [1.807, 2.05) is 36.0 Å². The summed E-state index contributed by atoms with van der Waals surface area (Å²) in [6.07, 6.45) is 0.859. The third-order valence-electron chi connectivity index (χ3n) is 2.09. The van der Waals surface area contributed by atoms with E-state index in [9.17, 15) is 5.11 Å². The number of aliphatic hydroxyl groups is 1. The van der Waals surface area contributed by atoms with Gasteiger partial charge in [0.05, 0.1) is 6.10 Å². The molecule has 1 aromatic carbocycles. The summed E-state index contributed by atoms with van der Waals surface area (Å²) in [5, 5.41) is 9.82. The molecule has 1 nitrogen and oxygen atoms in total. The molecule has 1 atom stereocenters. The molecule has 0 aliphatic rings. The number of hydrogen-bond acceptors (Lipinski definition) is 2. The molecule has 14 heavy (non-hydrogen) atoms. The summed E-state index contributed by atoms with van der Waals surface area (Å²) in [5.74, 6) is 1.93. The molecular formula is C12H18OS. The van der Waals surface area contributed by atoms with Gasteiger partial charge in [0.15, 0.2) is 0 Å². The predicted molar refractivity (Wildman–Crippen MR) is 63.8 cm³/mol. The molecule has 1 aromatic rings. The van der Waals surface area contributed by atoms with Crippen LogP contribution in [0.2, 0.25) is 0 Å². The minimum atomic E-state index is -0.313. The van der Waals surface area contributed by atoms with Crippen LogP contribution in [0.4, 0.5) is 0 Å². The van der Waals surface area contributed by atoms with Gasteiger partial charge in [-0.1, -0.05) is 36.8 Å². The number of aryl methyl sites for hydroxylation is 1. The van der Waals surface area contributed by atoms with Crippen molar-refractivity contribution in [3.05, 3.63) is 35.4 Å². The number of benzene rings is 1. The molecule has 1 N–H and O–H groups in total. The molecule has 0 amide bonds. The fourth-order valence-electron chi connectivity index (χ4n) is 1.22. The summed E-state index contributed by atoms with van der Waals surface area (Å²) >= 11 is 1.81. The zero-order valence-corrected chi connectivity index (χ0v) is 9.68. The lowest BCUT2D eigenvalue weighted by atomic mass is 10.1. The maximum absolute atomic E-state index is 9.82. The van der Waals surface area contributed by atoms with Gasteiger partial charge in [-0.3, -0.25) is 0 Å². The molecule has 0 heterocycles. The van der Waals surface area contributed by atoms with Gasteiger partial charge in [0.2, 0.25) is 0 Å². The van der Waals surface area contributed by atoms with E-state index in [4.69, 9.17) is 0 Å². The highest BCUT2D eigenvalue weighted by Gasteiger charge is 2.06. The van der Waals surface area contributed by atoms with Crippen molar-refractivity contribution < 1.29 is 5.11 Å². The van der Waals surface area contributed by atoms with E-state index in [0.29, 0.717) is 0 Å². The first-order chi connectivity index (χ1) is 6.74. The topological polar surface area (TPSA) is 20.2 Å². The average molecular weight is 210 g/mol. The van der Waals surface area contributed by atoms with Crippen LogP contribution in [-0.4, -0.2) is 16.6 Å². The minimum Gasteiger partial charge on any atom is -0.388 e. The van der Waals surface area contributed by atoms with Gasteiger partial charge >= 0.3 is 0 Å². The lowest BCUT2D eigenvalue weighted by Crippen LogP contribution is -2.00. The normalized spacial score (nSPS) is 12.8. The first kappa shape index (κ1) is 11.6. The van der Waals surface area contributed by atoms with Gasteiger partial charge in [-0.05, 0) is 24.7 Å². The number of rotatable bonds is 5. The molecule has 0 bridgehead atoms. The van der Waals surface area contributed by atoms with Gasteiger partial charge in [-0.2, -0.15) is 11.8 Å². The molecular weight excluding hydrogens is 192 g/mol. The van der Waals surface area contributed by atoms with Crippen molar-refractivity contribution in [1.82, 2.24) is 0 Å². The summed E-state index contributed by atoms with van der Waals surface area (Å²) in [4.78, 5) is 0. The van der Waals surface area contributed by atoms with Crippen molar-refractivity contribution in [2.45, 2.75) is 26.4 Å². The van der Waals surface area contributed by atoms with Gasteiger partial charge < -0.3 is 5.11 Å². The van der Waals surface area contributed by atoms with Crippen LogP contribution in [0.3, 0.4) is 0 Å². The Hall–Kier alpha value is -0.470. The Bertz CT molecular complexity index is 256. The van der Waals surface area contributed by atoms with E-state index in [0.717, 1.165) is 17.1 Å². The quantitative estimate of drug-likeness (QED) is 0.753. The van der Waals surface area contributed by atoms with Gasteiger partial charge in [-0.25, -0.2) is 0 Å². The molecule has 78 valence electrons. The maximum atomic E-state index is 9.82. The Kier molecular flexibility index (Phi) is 5.05. The van der Waals surface area contributed by atoms with E-state index in [1.54, 1.807) is 0 Å². The van der Waals surface area contributed by atoms with Gasteiger partial charge in [-0.15, -0.1) is 0 Å². The fourth-order valence-corrected chi connectivity index (χ4v) is 2.10. The van der Waals surface area contributed by atoms with Crippen molar-refractivity contribution in [3.8, 4) is 0 Å². The lowest BCUT2D eigenvalue weighted by molar-refractivity contribution is 0.204. The van der Waals surface area contributed by atoms with Crippen LogP contribution >= 0.6 is 11.8 Å². The zero-order valence-electron chi connectivity index (χ0n) is 8.86. The molecule has 0 fully saturated rings. The molecule has 2 heteroatoms. The van der Waals surface area contributed by atoms with Gasteiger partial charge in [0, 0.05) is 5.75 Å². The van der Waals surface area contributed by atoms with Crippen molar-refractivity contribution >= 4 is 11.8 Å². The van der Waals surface area contributed by atoms with Crippen molar-refractivity contribution in [1.29, 1.82) is 0 Å². The SMILES string of the molecule is CCCSCC(O)c1ccc(C)cc1. The second-order valence-electron chi connectivity index (χ2n) is 3.50. The molecule has 1 unspecified atom stereocenters. The molecule has 0 radical (unpaired) electrons. The lowest BCUT2D eigenvalue weighted by Gasteiger charge is -2.10. The molecule has 0 aliphatic carbocycles. The number of aliphatic hydroxyl groups excluding tert-OH is 1. The van der Waals surface area contributed by atoms with E-state index in [-0.39, 0.29) is 6.10 Å².